The first-order chi connectivity index (χ1) is 10.8. The standard InChI is InChI=1S/C19H32O3/c1-3-4-5-6-7-8-9-12-15-19(20)16-13-10-11-14-17-22-18-21-2/h3H,1,4-12,14-15,17-18H2,2H3. The van der Waals surface area contributed by atoms with E-state index in [0.717, 1.165) is 38.5 Å². The molecule has 0 unspecified atom stereocenters. The Hall–Kier alpha value is -1.11. The van der Waals surface area contributed by atoms with E-state index in [1.807, 2.05) is 6.08 Å². The summed E-state index contributed by atoms with van der Waals surface area (Å²) in [5, 5.41) is 0. The fourth-order valence-electron chi connectivity index (χ4n) is 2.06. The summed E-state index contributed by atoms with van der Waals surface area (Å²) in [7, 11) is 1.61. The van der Waals surface area contributed by atoms with Crippen molar-refractivity contribution in [3.63, 3.8) is 0 Å². The second-order valence-electron chi connectivity index (χ2n) is 5.45. The van der Waals surface area contributed by atoms with Crippen LogP contribution in [0, 0.1) is 11.8 Å². The number of hydrogen-bond donors (Lipinski definition) is 0. The van der Waals surface area contributed by atoms with Crippen LogP contribution in [0.4, 0.5) is 0 Å². The highest BCUT2D eigenvalue weighted by molar-refractivity contribution is 5.95. The Morgan fingerprint density at radius 1 is 1.05 bits per heavy atom. The van der Waals surface area contributed by atoms with E-state index in [1.54, 1.807) is 7.11 Å². The molecule has 0 aromatic carbocycles. The predicted molar refractivity (Wildman–Crippen MR) is 91.6 cm³/mol. The highest BCUT2D eigenvalue weighted by atomic mass is 16.7. The number of hydrogen-bond acceptors (Lipinski definition) is 3. The summed E-state index contributed by atoms with van der Waals surface area (Å²) in [5.41, 5.74) is 0. The van der Waals surface area contributed by atoms with E-state index < -0.39 is 0 Å². The molecule has 0 fully saturated rings. The molecule has 0 amide bonds. The average molecular weight is 308 g/mol. The summed E-state index contributed by atoms with van der Waals surface area (Å²) in [5.74, 6) is 5.78. The van der Waals surface area contributed by atoms with Crippen molar-refractivity contribution in [2.24, 2.45) is 0 Å². The zero-order chi connectivity index (χ0) is 16.3. The molecule has 0 aliphatic heterocycles. The summed E-state index contributed by atoms with van der Waals surface area (Å²) in [6.07, 6.45) is 13.5. The van der Waals surface area contributed by atoms with Crippen LogP contribution >= 0.6 is 0 Å². The number of unbranched alkanes of at least 4 members (excludes halogenated alkanes) is 8. The van der Waals surface area contributed by atoms with E-state index in [2.05, 4.69) is 18.4 Å². The first kappa shape index (κ1) is 20.9. The van der Waals surface area contributed by atoms with Crippen LogP contribution < -0.4 is 0 Å². The third-order valence-corrected chi connectivity index (χ3v) is 3.33. The van der Waals surface area contributed by atoms with Crippen LogP contribution in [0.1, 0.15) is 70.6 Å². The van der Waals surface area contributed by atoms with Gasteiger partial charge in [-0.1, -0.05) is 37.7 Å². The number of carbonyl (C=O) groups excluding carboxylic acids is 1. The quantitative estimate of drug-likeness (QED) is 0.145. The van der Waals surface area contributed by atoms with Gasteiger partial charge in [-0.2, -0.15) is 0 Å². The van der Waals surface area contributed by atoms with Gasteiger partial charge in [-0.25, -0.2) is 0 Å². The summed E-state index contributed by atoms with van der Waals surface area (Å²) in [4.78, 5) is 11.6. The number of carbonyl (C=O) groups is 1. The lowest BCUT2D eigenvalue weighted by atomic mass is 10.1. The molecule has 0 atom stereocenters. The maximum Gasteiger partial charge on any atom is 0.205 e. The van der Waals surface area contributed by atoms with E-state index in [-0.39, 0.29) is 5.78 Å². The summed E-state index contributed by atoms with van der Waals surface area (Å²) >= 11 is 0. The van der Waals surface area contributed by atoms with Gasteiger partial charge in [0.25, 0.3) is 0 Å². The Morgan fingerprint density at radius 2 is 1.77 bits per heavy atom. The van der Waals surface area contributed by atoms with Crippen molar-refractivity contribution in [1.29, 1.82) is 0 Å². The maximum atomic E-state index is 11.6. The molecule has 126 valence electrons. The Balaban J connectivity index is 3.32. The minimum absolute atomic E-state index is 0.0855. The predicted octanol–water partition coefficient (Wildman–Crippen LogP) is 4.66. The van der Waals surface area contributed by atoms with Crippen molar-refractivity contribution in [1.82, 2.24) is 0 Å². The van der Waals surface area contributed by atoms with Gasteiger partial charge in [-0.3, -0.25) is 4.79 Å². The fraction of sp³-hybridized carbons (Fsp3) is 0.737. The van der Waals surface area contributed by atoms with Crippen LogP contribution in [0.5, 0.6) is 0 Å². The number of allylic oxidation sites excluding steroid dienone is 1. The SMILES string of the molecule is C=CCCCCCCCCC(=O)C#CCCCCOCOC. The van der Waals surface area contributed by atoms with E-state index in [0.29, 0.717) is 19.8 Å². The molecular weight excluding hydrogens is 276 g/mol. The van der Waals surface area contributed by atoms with Crippen molar-refractivity contribution < 1.29 is 14.3 Å². The average Bonchev–Trinajstić information content (AvgIpc) is 2.52. The van der Waals surface area contributed by atoms with Gasteiger partial charge in [-0.05, 0) is 38.0 Å². The number of ether oxygens (including phenoxy) is 2. The van der Waals surface area contributed by atoms with Crippen LogP contribution in [-0.4, -0.2) is 26.3 Å². The molecule has 0 saturated heterocycles. The van der Waals surface area contributed by atoms with Crippen molar-refractivity contribution in [3.8, 4) is 11.8 Å². The molecule has 0 aromatic heterocycles. The molecule has 0 bridgehead atoms. The Morgan fingerprint density at radius 3 is 2.50 bits per heavy atom. The van der Waals surface area contributed by atoms with Gasteiger partial charge < -0.3 is 9.47 Å². The zero-order valence-corrected chi connectivity index (χ0v) is 14.2. The van der Waals surface area contributed by atoms with Gasteiger partial charge in [0, 0.05) is 26.6 Å². The molecule has 0 saturated carbocycles. The van der Waals surface area contributed by atoms with Gasteiger partial charge in [0.05, 0.1) is 0 Å². The number of rotatable bonds is 15. The van der Waals surface area contributed by atoms with Crippen LogP contribution in [0.2, 0.25) is 0 Å². The third kappa shape index (κ3) is 16.9. The first-order valence-electron chi connectivity index (χ1n) is 8.50. The minimum atomic E-state index is 0.0855. The number of methoxy groups -OCH3 is 1. The summed E-state index contributed by atoms with van der Waals surface area (Å²) in [6.45, 7) is 4.75. The van der Waals surface area contributed by atoms with Crippen LogP contribution in [0.3, 0.4) is 0 Å². The lowest BCUT2D eigenvalue weighted by molar-refractivity contribution is -0.113. The molecule has 0 aliphatic rings. The maximum absolute atomic E-state index is 11.6. The molecule has 22 heavy (non-hydrogen) atoms. The summed E-state index contributed by atoms with van der Waals surface area (Å²) in [6, 6.07) is 0. The minimum Gasteiger partial charge on any atom is -0.359 e. The molecule has 0 spiro atoms. The van der Waals surface area contributed by atoms with Crippen LogP contribution in [0.25, 0.3) is 0 Å². The number of Topliss-reactive ketones (excluding diaryl/α,β-unsaturated/α-hetero) is 1. The molecule has 0 rings (SSSR count). The van der Waals surface area contributed by atoms with Crippen molar-refractivity contribution in [3.05, 3.63) is 12.7 Å². The third-order valence-electron chi connectivity index (χ3n) is 3.33. The van der Waals surface area contributed by atoms with E-state index in [4.69, 9.17) is 9.47 Å². The van der Waals surface area contributed by atoms with E-state index in [9.17, 15) is 4.79 Å². The Labute approximate surface area is 136 Å². The molecule has 3 heteroatoms. The normalized spacial score (nSPS) is 10.0. The largest absolute Gasteiger partial charge is 0.359 e. The van der Waals surface area contributed by atoms with Crippen molar-refractivity contribution in [2.45, 2.75) is 70.6 Å². The second-order valence-corrected chi connectivity index (χ2v) is 5.45. The zero-order valence-electron chi connectivity index (χ0n) is 14.2. The smallest absolute Gasteiger partial charge is 0.205 e. The molecule has 0 aliphatic carbocycles. The van der Waals surface area contributed by atoms with Crippen LogP contribution in [-0.2, 0) is 14.3 Å². The van der Waals surface area contributed by atoms with Gasteiger partial charge in [0.15, 0.2) is 0 Å². The fourth-order valence-corrected chi connectivity index (χ4v) is 2.06. The monoisotopic (exact) mass is 308 g/mol. The lowest BCUT2D eigenvalue weighted by Crippen LogP contribution is -1.98. The number of ketones is 1. The molecular formula is C19H32O3. The van der Waals surface area contributed by atoms with E-state index >= 15 is 0 Å². The molecule has 0 N–H and O–H groups in total. The van der Waals surface area contributed by atoms with Gasteiger partial charge >= 0.3 is 0 Å². The molecule has 0 radical (unpaired) electrons. The Bertz CT molecular complexity index is 325. The van der Waals surface area contributed by atoms with Gasteiger partial charge in [0.1, 0.15) is 6.79 Å². The molecule has 0 aromatic rings. The topological polar surface area (TPSA) is 35.5 Å². The highest BCUT2D eigenvalue weighted by Gasteiger charge is 1.97. The van der Waals surface area contributed by atoms with Crippen molar-refractivity contribution in [2.75, 3.05) is 20.5 Å². The highest BCUT2D eigenvalue weighted by Crippen LogP contribution is 2.08. The lowest BCUT2D eigenvalue weighted by Gasteiger charge is -2.00. The second kappa shape index (κ2) is 17.9. The molecule has 0 heterocycles. The first-order valence-corrected chi connectivity index (χ1v) is 8.50. The Kier molecular flexibility index (Phi) is 17.0. The van der Waals surface area contributed by atoms with Gasteiger partial charge in [0.2, 0.25) is 5.78 Å². The van der Waals surface area contributed by atoms with Crippen molar-refractivity contribution >= 4 is 5.78 Å². The molecule has 3 nitrogen and oxygen atoms in total. The van der Waals surface area contributed by atoms with Gasteiger partial charge in [-0.15, -0.1) is 6.58 Å². The van der Waals surface area contributed by atoms with E-state index in [1.165, 1.54) is 25.7 Å². The summed E-state index contributed by atoms with van der Waals surface area (Å²) < 4.78 is 9.96. The van der Waals surface area contributed by atoms with Crippen LogP contribution in [0.15, 0.2) is 12.7 Å².